The van der Waals surface area contributed by atoms with Crippen LogP contribution in [-0.4, -0.2) is 10.8 Å². The molecule has 0 spiro atoms. The molecule has 88 valence electrons. The van der Waals surface area contributed by atoms with Gasteiger partial charge in [-0.05, 0) is 31.2 Å². The Bertz CT molecular complexity index is 548. The number of Topliss-reactive ketones (excluding diaryl/α,β-unsaturated/α-hetero) is 1. The highest BCUT2D eigenvalue weighted by atomic mass is 35.5. The summed E-state index contributed by atoms with van der Waals surface area (Å²) >= 11 is 7.27. The summed E-state index contributed by atoms with van der Waals surface area (Å²) in [5.74, 6) is -0.0112. The van der Waals surface area contributed by atoms with Crippen molar-refractivity contribution in [3.8, 4) is 0 Å². The van der Waals surface area contributed by atoms with Crippen LogP contribution in [0.1, 0.15) is 22.3 Å². The molecule has 3 nitrogen and oxygen atoms in total. The Morgan fingerprint density at radius 1 is 1.35 bits per heavy atom. The molecule has 0 fully saturated rings. The summed E-state index contributed by atoms with van der Waals surface area (Å²) in [5.41, 5.74) is 1.43. The fourth-order valence-electron chi connectivity index (χ4n) is 1.43. The molecule has 0 radical (unpaired) electrons. The minimum Gasteiger partial charge on any atom is -0.332 e. The first kappa shape index (κ1) is 12.1. The van der Waals surface area contributed by atoms with Crippen molar-refractivity contribution in [1.29, 1.82) is 0 Å². The van der Waals surface area contributed by atoms with Crippen molar-refractivity contribution in [1.82, 2.24) is 4.98 Å². The van der Waals surface area contributed by atoms with Crippen LogP contribution in [-0.2, 0) is 0 Å². The van der Waals surface area contributed by atoms with Crippen molar-refractivity contribution in [2.75, 3.05) is 5.32 Å². The minimum atomic E-state index is -0.0112. The number of carbonyl (C=O) groups is 1. The van der Waals surface area contributed by atoms with Gasteiger partial charge in [0.15, 0.2) is 10.9 Å². The van der Waals surface area contributed by atoms with Gasteiger partial charge in [-0.25, -0.2) is 4.98 Å². The Balaban J connectivity index is 2.22. The normalized spacial score (nSPS) is 10.3. The Hall–Kier alpha value is -1.39. The van der Waals surface area contributed by atoms with Gasteiger partial charge in [0.2, 0.25) is 0 Å². The number of hydrogen-bond donors (Lipinski definition) is 1. The van der Waals surface area contributed by atoms with E-state index in [4.69, 9.17) is 11.6 Å². The molecule has 2 rings (SSSR count). The van der Waals surface area contributed by atoms with E-state index in [-0.39, 0.29) is 5.78 Å². The van der Waals surface area contributed by atoms with E-state index >= 15 is 0 Å². The third kappa shape index (κ3) is 2.84. The lowest BCUT2D eigenvalue weighted by Gasteiger charge is -2.01. The summed E-state index contributed by atoms with van der Waals surface area (Å²) < 4.78 is 0. The van der Waals surface area contributed by atoms with E-state index in [1.54, 1.807) is 12.1 Å². The maximum atomic E-state index is 11.3. The van der Waals surface area contributed by atoms with Crippen LogP contribution in [0.5, 0.6) is 0 Å². The predicted molar refractivity (Wildman–Crippen MR) is 71.6 cm³/mol. The molecule has 17 heavy (non-hydrogen) atoms. The van der Waals surface area contributed by atoms with Gasteiger partial charge >= 0.3 is 0 Å². The fourth-order valence-corrected chi connectivity index (χ4v) is 2.44. The van der Waals surface area contributed by atoms with Gasteiger partial charge in [0.25, 0.3) is 0 Å². The number of thiazole rings is 1. The zero-order valence-corrected chi connectivity index (χ0v) is 11.0. The highest BCUT2D eigenvalue weighted by Gasteiger charge is 2.11. The number of nitrogens with one attached hydrogen (secondary N) is 1. The van der Waals surface area contributed by atoms with Gasteiger partial charge in [0.1, 0.15) is 5.69 Å². The molecule has 0 aliphatic heterocycles. The number of hydrogen-bond acceptors (Lipinski definition) is 4. The van der Waals surface area contributed by atoms with Gasteiger partial charge in [-0.3, -0.25) is 4.79 Å². The van der Waals surface area contributed by atoms with E-state index in [0.717, 1.165) is 15.7 Å². The first-order valence-electron chi connectivity index (χ1n) is 5.07. The summed E-state index contributed by atoms with van der Waals surface area (Å²) in [5, 5.41) is 4.55. The average Bonchev–Trinajstić information content (AvgIpc) is 2.63. The summed E-state index contributed by atoms with van der Waals surface area (Å²) in [6.45, 7) is 3.41. The molecule has 0 saturated heterocycles. The molecule has 0 amide bonds. The molecule has 1 aromatic carbocycles. The maximum absolute atomic E-state index is 11.3. The van der Waals surface area contributed by atoms with E-state index < -0.39 is 0 Å². The van der Waals surface area contributed by atoms with Gasteiger partial charge in [-0.15, -0.1) is 11.3 Å². The number of halogens is 1. The monoisotopic (exact) mass is 266 g/mol. The number of aryl methyl sites for hydroxylation is 1. The smallest absolute Gasteiger partial charge is 0.188 e. The van der Waals surface area contributed by atoms with Gasteiger partial charge in [-0.2, -0.15) is 0 Å². The van der Waals surface area contributed by atoms with E-state index in [9.17, 15) is 4.79 Å². The minimum absolute atomic E-state index is 0.0112. The Morgan fingerprint density at radius 3 is 2.53 bits per heavy atom. The molecule has 0 bridgehead atoms. The largest absolute Gasteiger partial charge is 0.332 e. The summed E-state index contributed by atoms with van der Waals surface area (Å²) in [6, 6.07) is 7.34. The zero-order valence-electron chi connectivity index (χ0n) is 9.45. The molecule has 5 heteroatoms. The van der Waals surface area contributed by atoms with Crippen LogP contribution in [0.25, 0.3) is 0 Å². The second-order valence-corrected chi connectivity index (χ2v) is 5.25. The first-order valence-corrected chi connectivity index (χ1v) is 6.26. The number of nitrogens with zero attached hydrogens (tertiary/aromatic N) is 1. The van der Waals surface area contributed by atoms with Crippen molar-refractivity contribution in [3.05, 3.63) is 39.9 Å². The number of ketones is 1. The van der Waals surface area contributed by atoms with Gasteiger partial charge in [0, 0.05) is 22.5 Å². The molecule has 0 aliphatic rings. The van der Waals surface area contributed by atoms with Crippen LogP contribution in [0.15, 0.2) is 24.3 Å². The second kappa shape index (κ2) is 4.85. The first-order chi connectivity index (χ1) is 8.06. The number of benzene rings is 1. The third-order valence-electron chi connectivity index (χ3n) is 2.23. The lowest BCUT2D eigenvalue weighted by molar-refractivity contribution is 0.101. The van der Waals surface area contributed by atoms with Crippen LogP contribution >= 0.6 is 22.9 Å². The standard InChI is InChI=1S/C12H11ClN2OS/c1-7(16)11-8(2)17-12(15-11)14-10-5-3-9(13)4-6-10/h3-6H,1-2H3,(H,14,15). The van der Waals surface area contributed by atoms with Crippen molar-refractivity contribution < 1.29 is 4.79 Å². The van der Waals surface area contributed by atoms with Crippen LogP contribution < -0.4 is 5.32 Å². The van der Waals surface area contributed by atoms with Crippen LogP contribution in [0.4, 0.5) is 10.8 Å². The Morgan fingerprint density at radius 2 is 2.00 bits per heavy atom. The number of anilines is 2. The number of rotatable bonds is 3. The summed E-state index contributed by atoms with van der Waals surface area (Å²) in [7, 11) is 0. The molecule has 0 unspecified atom stereocenters. The summed E-state index contributed by atoms with van der Waals surface area (Å²) in [4.78, 5) is 16.5. The topological polar surface area (TPSA) is 42.0 Å². The van der Waals surface area contributed by atoms with Crippen LogP contribution in [0, 0.1) is 6.92 Å². The second-order valence-electron chi connectivity index (χ2n) is 3.61. The van der Waals surface area contributed by atoms with Crippen molar-refractivity contribution in [2.45, 2.75) is 13.8 Å². The van der Waals surface area contributed by atoms with Gasteiger partial charge in [0.05, 0.1) is 0 Å². The molecule has 1 aromatic heterocycles. The highest BCUT2D eigenvalue weighted by Crippen LogP contribution is 2.26. The molecule has 1 N–H and O–H groups in total. The average molecular weight is 267 g/mol. The zero-order chi connectivity index (χ0) is 12.4. The van der Waals surface area contributed by atoms with E-state index in [0.29, 0.717) is 10.7 Å². The maximum Gasteiger partial charge on any atom is 0.188 e. The van der Waals surface area contributed by atoms with E-state index in [1.807, 2.05) is 19.1 Å². The van der Waals surface area contributed by atoms with Crippen molar-refractivity contribution >= 4 is 39.5 Å². The fraction of sp³-hybridized carbons (Fsp3) is 0.167. The molecule has 0 aliphatic carbocycles. The molecule has 2 aromatic rings. The van der Waals surface area contributed by atoms with Crippen LogP contribution in [0.3, 0.4) is 0 Å². The van der Waals surface area contributed by atoms with E-state index in [2.05, 4.69) is 10.3 Å². The molecule has 1 heterocycles. The van der Waals surface area contributed by atoms with Crippen molar-refractivity contribution in [2.24, 2.45) is 0 Å². The Kier molecular flexibility index (Phi) is 3.45. The molecule has 0 saturated carbocycles. The lowest BCUT2D eigenvalue weighted by atomic mass is 10.3. The quantitative estimate of drug-likeness (QED) is 0.852. The van der Waals surface area contributed by atoms with Crippen LogP contribution in [0.2, 0.25) is 5.02 Å². The number of carbonyl (C=O) groups excluding carboxylic acids is 1. The van der Waals surface area contributed by atoms with Gasteiger partial charge < -0.3 is 5.32 Å². The molecular formula is C12H11ClN2OS. The highest BCUT2D eigenvalue weighted by molar-refractivity contribution is 7.15. The SMILES string of the molecule is CC(=O)c1nc(Nc2ccc(Cl)cc2)sc1C. The lowest BCUT2D eigenvalue weighted by Crippen LogP contribution is -1.95. The predicted octanol–water partition coefficient (Wildman–Crippen LogP) is 4.05. The molecule has 0 atom stereocenters. The number of aromatic nitrogens is 1. The van der Waals surface area contributed by atoms with Gasteiger partial charge in [-0.1, -0.05) is 11.6 Å². The van der Waals surface area contributed by atoms with Crippen molar-refractivity contribution in [3.63, 3.8) is 0 Å². The summed E-state index contributed by atoms with van der Waals surface area (Å²) in [6.07, 6.45) is 0. The molecular weight excluding hydrogens is 256 g/mol. The Labute approximate surface area is 108 Å². The third-order valence-corrected chi connectivity index (χ3v) is 3.36. The van der Waals surface area contributed by atoms with E-state index in [1.165, 1.54) is 18.3 Å².